The van der Waals surface area contributed by atoms with Gasteiger partial charge in [-0.25, -0.2) is 4.79 Å². The number of nitrogens with one attached hydrogen (secondary N) is 3. The number of ether oxygens (including phenoxy) is 2. The number of hydrogen-bond acceptors (Lipinski definition) is 8. The average Bonchev–Trinajstić information content (AvgIpc) is 3.54. The van der Waals surface area contributed by atoms with Gasteiger partial charge in [0.15, 0.2) is 0 Å². The molecule has 5 aromatic rings. The lowest BCUT2D eigenvalue weighted by atomic mass is 10.0. The number of aryl methyl sites for hydroxylation is 1. The lowest BCUT2D eigenvalue weighted by Crippen LogP contribution is -2.30. The molecule has 3 N–H and O–H groups in total. The predicted octanol–water partition coefficient (Wildman–Crippen LogP) is 7.66. The van der Waals surface area contributed by atoms with Crippen LogP contribution >= 0.6 is 23.1 Å². The third-order valence-corrected chi connectivity index (χ3v) is 9.10. The van der Waals surface area contributed by atoms with Gasteiger partial charge in [0.25, 0.3) is 11.8 Å². The maximum Gasteiger partial charge on any atom is 0.341 e. The van der Waals surface area contributed by atoms with Crippen LogP contribution in [-0.2, 0) is 14.3 Å². The molecule has 0 radical (unpaired) electrons. The van der Waals surface area contributed by atoms with Crippen molar-refractivity contribution in [1.82, 2.24) is 5.32 Å². The Hall–Kier alpha value is -5.65. The molecule has 0 saturated heterocycles. The second kappa shape index (κ2) is 16.4. The molecule has 1 heterocycles. The Morgan fingerprint density at radius 3 is 2.27 bits per heavy atom. The highest BCUT2D eigenvalue weighted by molar-refractivity contribution is 8.00. The Kier molecular flexibility index (Phi) is 11.6. The van der Waals surface area contributed by atoms with E-state index in [2.05, 4.69) is 16.0 Å². The first-order valence-corrected chi connectivity index (χ1v) is 16.9. The fourth-order valence-corrected chi connectivity index (χ4v) is 6.41. The molecule has 49 heavy (non-hydrogen) atoms. The molecule has 0 aliphatic rings. The molecule has 3 amide bonds. The summed E-state index contributed by atoms with van der Waals surface area (Å²) in [5.41, 5.74) is 4.52. The van der Waals surface area contributed by atoms with Crippen molar-refractivity contribution in [2.45, 2.75) is 11.8 Å². The average molecular weight is 692 g/mol. The van der Waals surface area contributed by atoms with Crippen molar-refractivity contribution in [3.8, 4) is 16.9 Å². The van der Waals surface area contributed by atoms with Gasteiger partial charge in [-0.3, -0.25) is 14.4 Å². The minimum Gasteiger partial charge on any atom is -0.497 e. The lowest BCUT2D eigenvalue weighted by Gasteiger charge is -2.12. The third-order valence-electron chi connectivity index (χ3n) is 7.21. The lowest BCUT2D eigenvalue weighted by molar-refractivity contribution is -0.114. The van der Waals surface area contributed by atoms with E-state index in [1.165, 1.54) is 30.2 Å². The van der Waals surface area contributed by atoms with Crippen molar-refractivity contribution < 1.29 is 28.7 Å². The van der Waals surface area contributed by atoms with Crippen LogP contribution < -0.4 is 20.7 Å². The van der Waals surface area contributed by atoms with E-state index in [0.29, 0.717) is 38.7 Å². The first-order valence-electron chi connectivity index (χ1n) is 15.1. The molecule has 0 spiro atoms. The largest absolute Gasteiger partial charge is 0.497 e. The van der Waals surface area contributed by atoms with Crippen LogP contribution in [0.25, 0.3) is 17.2 Å². The Balaban J connectivity index is 1.27. The van der Waals surface area contributed by atoms with E-state index < -0.39 is 17.8 Å². The van der Waals surface area contributed by atoms with Gasteiger partial charge < -0.3 is 25.4 Å². The number of thiophene rings is 1. The molecule has 5 rings (SSSR count). The molecule has 1 aromatic heterocycles. The molecule has 0 unspecified atom stereocenters. The fourth-order valence-electron chi connectivity index (χ4n) is 4.68. The minimum atomic E-state index is -0.538. The van der Waals surface area contributed by atoms with E-state index in [0.717, 1.165) is 16.0 Å². The van der Waals surface area contributed by atoms with Gasteiger partial charge >= 0.3 is 5.97 Å². The van der Waals surface area contributed by atoms with Crippen LogP contribution in [0.15, 0.2) is 119 Å². The number of thioether (sulfide) groups is 1. The number of benzene rings is 4. The van der Waals surface area contributed by atoms with E-state index in [1.807, 2.05) is 42.6 Å². The number of anilines is 2. The zero-order chi connectivity index (χ0) is 34.8. The number of carbonyl (C=O) groups is 4. The fraction of sp³-hybridized carbons (Fsp3) is 0.105. The summed E-state index contributed by atoms with van der Waals surface area (Å²) in [6.07, 6.45) is 1.58. The zero-order valence-electron chi connectivity index (χ0n) is 26.9. The number of esters is 1. The van der Waals surface area contributed by atoms with Gasteiger partial charge in [-0.05, 0) is 66.6 Å². The topological polar surface area (TPSA) is 123 Å². The van der Waals surface area contributed by atoms with Crippen molar-refractivity contribution >= 4 is 63.6 Å². The van der Waals surface area contributed by atoms with Gasteiger partial charge in [0, 0.05) is 27.1 Å². The zero-order valence-corrected chi connectivity index (χ0v) is 28.6. The molecular formula is C38H33N3O6S2. The van der Waals surface area contributed by atoms with Gasteiger partial charge in [0.05, 0.1) is 20.0 Å². The SMILES string of the molecule is COC(=O)c1c(-c2ccc(C)cc2)csc1NC(=O)CSc1cccc(NC(=O)/C(=C\c2ccc(OC)cc2)NC(=O)c2ccccc2)c1. The molecule has 11 heteroatoms. The highest BCUT2D eigenvalue weighted by Crippen LogP contribution is 2.36. The quantitative estimate of drug-likeness (QED) is 0.0698. The molecular weight excluding hydrogens is 659 g/mol. The van der Waals surface area contributed by atoms with Crippen LogP contribution in [0.1, 0.15) is 31.8 Å². The Labute approximate surface area is 292 Å². The standard InChI is InChI=1S/C38H33N3O6S2/c1-24-12-16-26(17-13-24)31-22-49-37(34(31)38(45)47-3)41-33(42)23-48-30-11-7-10-28(21-30)39-36(44)32(20-25-14-18-29(46-2)19-15-25)40-35(43)27-8-5-4-6-9-27/h4-22H,23H2,1-3H3,(H,39,44)(H,40,43)(H,41,42)/b32-20+. The van der Waals surface area contributed by atoms with Crippen molar-refractivity contribution in [2.75, 3.05) is 30.6 Å². The monoisotopic (exact) mass is 691 g/mol. The molecule has 0 atom stereocenters. The first kappa shape index (κ1) is 34.7. The van der Waals surface area contributed by atoms with E-state index in [4.69, 9.17) is 9.47 Å². The van der Waals surface area contributed by atoms with Gasteiger partial charge in [-0.15, -0.1) is 23.1 Å². The summed E-state index contributed by atoms with van der Waals surface area (Å²) in [5, 5.41) is 10.7. The van der Waals surface area contributed by atoms with Gasteiger partial charge in [0.2, 0.25) is 5.91 Å². The summed E-state index contributed by atoms with van der Waals surface area (Å²) < 4.78 is 10.2. The molecule has 9 nitrogen and oxygen atoms in total. The predicted molar refractivity (Wildman–Crippen MR) is 195 cm³/mol. The van der Waals surface area contributed by atoms with E-state index >= 15 is 0 Å². The van der Waals surface area contributed by atoms with Crippen LogP contribution in [0.5, 0.6) is 5.75 Å². The van der Waals surface area contributed by atoms with Crippen LogP contribution in [0.3, 0.4) is 0 Å². The smallest absolute Gasteiger partial charge is 0.341 e. The van der Waals surface area contributed by atoms with Crippen molar-refractivity contribution in [2.24, 2.45) is 0 Å². The van der Waals surface area contributed by atoms with Gasteiger partial charge in [-0.2, -0.15) is 0 Å². The number of methoxy groups -OCH3 is 2. The van der Waals surface area contributed by atoms with E-state index in [9.17, 15) is 19.2 Å². The minimum absolute atomic E-state index is 0.0406. The summed E-state index contributed by atoms with van der Waals surface area (Å²) in [5.74, 6) is -1.11. The molecule has 0 fully saturated rings. The Morgan fingerprint density at radius 1 is 0.837 bits per heavy atom. The second-order valence-electron chi connectivity index (χ2n) is 10.7. The Bertz CT molecular complexity index is 1990. The summed E-state index contributed by atoms with van der Waals surface area (Å²) >= 11 is 2.52. The maximum absolute atomic E-state index is 13.5. The summed E-state index contributed by atoms with van der Waals surface area (Å²) in [7, 11) is 2.87. The van der Waals surface area contributed by atoms with Crippen LogP contribution in [0.2, 0.25) is 0 Å². The molecule has 248 valence electrons. The molecule has 0 saturated carbocycles. The molecule has 0 bridgehead atoms. The van der Waals surface area contributed by atoms with Crippen molar-refractivity contribution in [1.29, 1.82) is 0 Å². The van der Waals surface area contributed by atoms with Gasteiger partial charge in [-0.1, -0.05) is 66.2 Å². The summed E-state index contributed by atoms with van der Waals surface area (Å²) in [6.45, 7) is 1.98. The number of carbonyl (C=O) groups excluding carboxylic acids is 4. The maximum atomic E-state index is 13.5. The third kappa shape index (κ3) is 9.25. The highest BCUT2D eigenvalue weighted by atomic mass is 32.2. The number of hydrogen-bond donors (Lipinski definition) is 3. The molecule has 4 aromatic carbocycles. The molecule has 0 aliphatic carbocycles. The first-order chi connectivity index (χ1) is 23.7. The highest BCUT2D eigenvalue weighted by Gasteiger charge is 2.22. The normalized spacial score (nSPS) is 11.0. The van der Waals surface area contributed by atoms with Gasteiger partial charge in [0.1, 0.15) is 22.0 Å². The summed E-state index contributed by atoms with van der Waals surface area (Å²) in [6, 6.07) is 30.5. The number of rotatable bonds is 12. The van der Waals surface area contributed by atoms with Crippen LogP contribution in [0, 0.1) is 6.92 Å². The van der Waals surface area contributed by atoms with Crippen molar-refractivity contribution in [3.63, 3.8) is 0 Å². The van der Waals surface area contributed by atoms with Crippen LogP contribution in [0.4, 0.5) is 10.7 Å². The van der Waals surface area contributed by atoms with E-state index in [-0.39, 0.29) is 17.4 Å². The second-order valence-corrected chi connectivity index (χ2v) is 12.6. The van der Waals surface area contributed by atoms with Crippen LogP contribution in [-0.4, -0.2) is 43.7 Å². The van der Waals surface area contributed by atoms with Crippen molar-refractivity contribution in [3.05, 3.63) is 136 Å². The van der Waals surface area contributed by atoms with E-state index in [1.54, 1.807) is 86.0 Å². The number of amides is 3. The summed E-state index contributed by atoms with van der Waals surface area (Å²) in [4.78, 5) is 52.9. The molecule has 0 aliphatic heterocycles. The Morgan fingerprint density at radius 2 is 1.57 bits per heavy atom.